The Balaban J connectivity index is 1.50. The van der Waals surface area contributed by atoms with E-state index >= 15 is 0 Å². The Morgan fingerprint density at radius 2 is 2.03 bits per heavy atom. The van der Waals surface area contributed by atoms with E-state index in [0.717, 1.165) is 31.4 Å². The fourth-order valence-electron chi connectivity index (χ4n) is 4.37. The largest absolute Gasteiger partial charge is 0.444 e. The van der Waals surface area contributed by atoms with Crippen molar-refractivity contribution in [3.8, 4) is 0 Å². The highest BCUT2D eigenvalue weighted by Crippen LogP contribution is 2.24. The standard InChI is InChI=1S/C27H36N6O4/c1-27(2,3)37-26(35)33-13-11-32(12-14-33)23-8-6-7-21(30-23)25(28)20-17-19(10-15-34)29-18-22(20)31-24-9-4-5-16-36-24/h6-8,15,17-18,24,28,31H,4-5,9-14,16H2,1-3H3. The van der Waals surface area contributed by atoms with Crippen LogP contribution in [0.5, 0.6) is 0 Å². The molecule has 1 unspecified atom stereocenters. The molecule has 0 aliphatic carbocycles. The van der Waals surface area contributed by atoms with Gasteiger partial charge in [-0.25, -0.2) is 9.78 Å². The van der Waals surface area contributed by atoms with Crippen molar-refractivity contribution in [2.24, 2.45) is 0 Å². The number of hydrogen-bond donors (Lipinski definition) is 2. The molecule has 10 heteroatoms. The summed E-state index contributed by atoms with van der Waals surface area (Å²) in [5.41, 5.74) is 2.13. The average Bonchev–Trinajstić information content (AvgIpc) is 2.89. The van der Waals surface area contributed by atoms with Gasteiger partial charge in [0.1, 0.15) is 23.9 Å². The van der Waals surface area contributed by atoms with Crippen LogP contribution < -0.4 is 10.2 Å². The molecule has 2 fully saturated rings. The maximum atomic E-state index is 12.4. The maximum absolute atomic E-state index is 12.4. The van der Waals surface area contributed by atoms with Crippen molar-refractivity contribution in [1.82, 2.24) is 14.9 Å². The van der Waals surface area contributed by atoms with Crippen LogP contribution in [-0.2, 0) is 20.7 Å². The van der Waals surface area contributed by atoms with Gasteiger partial charge in [-0.1, -0.05) is 6.07 Å². The molecule has 1 amide bonds. The summed E-state index contributed by atoms with van der Waals surface area (Å²) in [6.45, 7) is 8.59. The smallest absolute Gasteiger partial charge is 0.410 e. The van der Waals surface area contributed by atoms with Crippen molar-refractivity contribution >= 4 is 29.6 Å². The summed E-state index contributed by atoms with van der Waals surface area (Å²) < 4.78 is 11.3. The minimum absolute atomic E-state index is 0.139. The zero-order valence-corrected chi connectivity index (χ0v) is 21.8. The van der Waals surface area contributed by atoms with E-state index in [9.17, 15) is 9.59 Å². The minimum atomic E-state index is -0.528. The van der Waals surface area contributed by atoms with Gasteiger partial charge in [0.2, 0.25) is 0 Å². The van der Waals surface area contributed by atoms with Gasteiger partial charge in [0, 0.05) is 50.5 Å². The number of aldehydes is 1. The number of aromatic nitrogens is 2. The molecular formula is C27H36N6O4. The molecule has 2 N–H and O–H groups in total. The average molecular weight is 509 g/mol. The number of pyridine rings is 2. The monoisotopic (exact) mass is 508 g/mol. The molecule has 4 heterocycles. The summed E-state index contributed by atoms with van der Waals surface area (Å²) in [5.74, 6) is 0.749. The molecule has 0 aromatic carbocycles. The van der Waals surface area contributed by atoms with Crippen molar-refractivity contribution in [3.63, 3.8) is 0 Å². The predicted octanol–water partition coefficient (Wildman–Crippen LogP) is 3.63. The van der Waals surface area contributed by atoms with Gasteiger partial charge in [-0.2, -0.15) is 0 Å². The van der Waals surface area contributed by atoms with E-state index in [0.29, 0.717) is 55.4 Å². The van der Waals surface area contributed by atoms with Gasteiger partial charge in [0.15, 0.2) is 0 Å². The third-order valence-corrected chi connectivity index (χ3v) is 6.26. The fourth-order valence-corrected chi connectivity index (χ4v) is 4.37. The van der Waals surface area contributed by atoms with Crippen LogP contribution in [0.15, 0.2) is 30.5 Å². The van der Waals surface area contributed by atoms with Gasteiger partial charge in [0.05, 0.1) is 23.3 Å². The normalized spacial score (nSPS) is 18.3. The van der Waals surface area contributed by atoms with Crippen LogP contribution in [0.3, 0.4) is 0 Å². The van der Waals surface area contributed by atoms with Gasteiger partial charge in [-0.3, -0.25) is 10.4 Å². The minimum Gasteiger partial charge on any atom is -0.444 e. The highest BCUT2D eigenvalue weighted by atomic mass is 16.6. The first-order chi connectivity index (χ1) is 17.7. The first-order valence-corrected chi connectivity index (χ1v) is 12.8. The molecule has 10 nitrogen and oxygen atoms in total. The number of nitrogens with one attached hydrogen (secondary N) is 2. The number of nitrogens with zero attached hydrogens (tertiary/aromatic N) is 4. The van der Waals surface area contributed by atoms with Crippen molar-refractivity contribution < 1.29 is 19.1 Å². The van der Waals surface area contributed by atoms with Gasteiger partial charge >= 0.3 is 6.09 Å². The van der Waals surface area contributed by atoms with Crippen molar-refractivity contribution in [2.45, 2.75) is 58.3 Å². The van der Waals surface area contributed by atoms with Crippen LogP contribution in [0.1, 0.15) is 57.0 Å². The van der Waals surface area contributed by atoms with Gasteiger partial charge in [-0.15, -0.1) is 0 Å². The van der Waals surface area contributed by atoms with Crippen LogP contribution in [0, 0.1) is 5.41 Å². The summed E-state index contributed by atoms with van der Waals surface area (Å²) in [5, 5.41) is 12.4. The lowest BCUT2D eigenvalue weighted by molar-refractivity contribution is -0.107. The number of rotatable bonds is 7. The number of piperazine rings is 1. The summed E-state index contributed by atoms with van der Waals surface area (Å²) in [4.78, 5) is 36.5. The number of anilines is 2. The summed E-state index contributed by atoms with van der Waals surface area (Å²) >= 11 is 0. The number of carbonyl (C=O) groups excluding carboxylic acids is 2. The summed E-state index contributed by atoms with van der Waals surface area (Å²) in [7, 11) is 0. The zero-order chi connectivity index (χ0) is 26.4. The maximum Gasteiger partial charge on any atom is 0.410 e. The molecule has 4 rings (SSSR count). The SMILES string of the molecule is CC(C)(C)OC(=O)N1CCN(c2cccc(C(=N)c3cc(CC=O)ncc3NC3CCCCO3)n2)CC1. The molecule has 2 aliphatic rings. The Bertz CT molecular complexity index is 1120. The quantitative estimate of drug-likeness (QED) is 0.430. The highest BCUT2D eigenvalue weighted by Gasteiger charge is 2.27. The van der Waals surface area contributed by atoms with E-state index in [1.165, 1.54) is 0 Å². The topological polar surface area (TPSA) is 121 Å². The van der Waals surface area contributed by atoms with Crippen molar-refractivity contribution in [3.05, 3.63) is 47.4 Å². The molecule has 2 aromatic rings. The number of carbonyl (C=O) groups is 2. The summed E-state index contributed by atoms with van der Waals surface area (Å²) in [6.07, 6.45) is 5.21. The lowest BCUT2D eigenvalue weighted by Crippen LogP contribution is -2.50. The second kappa shape index (κ2) is 11.7. The first kappa shape index (κ1) is 26.5. The van der Waals surface area contributed by atoms with E-state index in [1.54, 1.807) is 17.2 Å². The predicted molar refractivity (Wildman–Crippen MR) is 141 cm³/mol. The number of ether oxygens (including phenoxy) is 2. The molecule has 2 saturated heterocycles. The van der Waals surface area contributed by atoms with Crippen LogP contribution in [0.2, 0.25) is 0 Å². The second-order valence-corrected chi connectivity index (χ2v) is 10.3. The highest BCUT2D eigenvalue weighted by molar-refractivity contribution is 6.13. The van der Waals surface area contributed by atoms with Crippen molar-refractivity contribution in [1.29, 1.82) is 5.41 Å². The van der Waals surface area contributed by atoms with E-state index in [-0.39, 0.29) is 24.5 Å². The Labute approximate surface area is 217 Å². The van der Waals surface area contributed by atoms with Crippen LogP contribution in [0.25, 0.3) is 0 Å². The Morgan fingerprint density at radius 3 is 2.70 bits per heavy atom. The molecule has 0 saturated carbocycles. The third kappa shape index (κ3) is 7.03. The lowest BCUT2D eigenvalue weighted by Gasteiger charge is -2.36. The van der Waals surface area contributed by atoms with Crippen LogP contribution >= 0.6 is 0 Å². The van der Waals surface area contributed by atoms with E-state index < -0.39 is 5.60 Å². The molecule has 1 atom stereocenters. The molecule has 198 valence electrons. The lowest BCUT2D eigenvalue weighted by atomic mass is 10.0. The van der Waals surface area contributed by atoms with Crippen LogP contribution in [-0.4, -0.2) is 77.6 Å². The summed E-state index contributed by atoms with van der Waals surface area (Å²) in [6, 6.07) is 7.38. The van der Waals surface area contributed by atoms with E-state index in [1.807, 2.05) is 39.0 Å². The van der Waals surface area contributed by atoms with Crippen molar-refractivity contribution in [2.75, 3.05) is 43.0 Å². The molecule has 2 aromatic heterocycles. The number of amides is 1. The van der Waals surface area contributed by atoms with Gasteiger partial charge in [0.25, 0.3) is 0 Å². The molecule has 0 spiro atoms. The van der Waals surface area contributed by atoms with E-state index in [4.69, 9.17) is 19.9 Å². The zero-order valence-electron chi connectivity index (χ0n) is 21.8. The van der Waals surface area contributed by atoms with Gasteiger partial charge in [-0.05, 0) is 58.2 Å². The number of hydrogen-bond acceptors (Lipinski definition) is 9. The molecule has 0 bridgehead atoms. The molecule has 37 heavy (non-hydrogen) atoms. The van der Waals surface area contributed by atoms with E-state index in [2.05, 4.69) is 15.2 Å². The molecular weight excluding hydrogens is 472 g/mol. The third-order valence-electron chi connectivity index (χ3n) is 6.26. The first-order valence-electron chi connectivity index (χ1n) is 12.8. The second-order valence-electron chi connectivity index (χ2n) is 10.3. The Morgan fingerprint density at radius 1 is 1.24 bits per heavy atom. The Kier molecular flexibility index (Phi) is 8.38. The van der Waals surface area contributed by atoms with Crippen LogP contribution in [0.4, 0.5) is 16.3 Å². The fraction of sp³-hybridized carbons (Fsp3) is 0.519. The molecule has 2 aliphatic heterocycles. The molecule has 0 radical (unpaired) electrons. The van der Waals surface area contributed by atoms with Gasteiger partial charge < -0.3 is 29.4 Å². The Hall–Kier alpha value is -3.53.